The second-order valence-electron chi connectivity index (χ2n) is 7.41. The summed E-state index contributed by atoms with van der Waals surface area (Å²) in [5, 5.41) is 3.65. The first-order valence-corrected chi connectivity index (χ1v) is 10.9. The fourth-order valence-corrected chi connectivity index (χ4v) is 4.03. The number of halogens is 2. The van der Waals surface area contributed by atoms with Crippen LogP contribution in [0.2, 0.25) is 10.0 Å². The number of aryl methyl sites for hydroxylation is 1. The van der Waals surface area contributed by atoms with Crippen molar-refractivity contribution < 1.29 is 19.1 Å². The maximum absolute atomic E-state index is 13.0. The zero-order valence-corrected chi connectivity index (χ0v) is 19.1. The van der Waals surface area contributed by atoms with E-state index in [9.17, 15) is 9.59 Å². The summed E-state index contributed by atoms with van der Waals surface area (Å²) in [5.74, 6) is 1.03. The Balaban J connectivity index is 1.64. The maximum Gasteiger partial charge on any atom is 0.247 e. The number of nitrogens with one attached hydrogen (secondary N) is 1. The molecule has 1 unspecified atom stereocenters. The summed E-state index contributed by atoms with van der Waals surface area (Å²) in [4.78, 5) is 27.6. The fraction of sp³-hybridized carbons (Fsp3) is 0.391. The van der Waals surface area contributed by atoms with Gasteiger partial charge in [-0.05, 0) is 61.6 Å². The second-order valence-corrected chi connectivity index (χ2v) is 8.22. The summed E-state index contributed by atoms with van der Waals surface area (Å²) in [5.41, 5.74) is 1.53. The van der Waals surface area contributed by atoms with Gasteiger partial charge in [-0.25, -0.2) is 0 Å². The molecule has 2 aromatic rings. The van der Waals surface area contributed by atoms with Crippen molar-refractivity contribution in [2.45, 2.75) is 38.1 Å². The molecule has 1 aliphatic rings. The van der Waals surface area contributed by atoms with Crippen molar-refractivity contribution in [1.29, 1.82) is 0 Å². The average Bonchev–Trinajstić information content (AvgIpc) is 2.79. The quantitative estimate of drug-likeness (QED) is 0.628. The van der Waals surface area contributed by atoms with E-state index in [-0.39, 0.29) is 11.8 Å². The molecule has 2 amide bonds. The van der Waals surface area contributed by atoms with Crippen LogP contribution in [-0.4, -0.2) is 43.5 Å². The predicted molar refractivity (Wildman–Crippen MR) is 122 cm³/mol. The first-order valence-electron chi connectivity index (χ1n) is 10.2. The normalized spacial score (nSPS) is 16.0. The van der Waals surface area contributed by atoms with Crippen molar-refractivity contribution >= 4 is 40.7 Å². The number of ether oxygens (including phenoxy) is 2. The summed E-state index contributed by atoms with van der Waals surface area (Å²) in [6.07, 6.45) is 3.29. The van der Waals surface area contributed by atoms with Crippen LogP contribution in [0.25, 0.3) is 0 Å². The Labute approximate surface area is 192 Å². The highest BCUT2D eigenvalue weighted by Crippen LogP contribution is 2.29. The van der Waals surface area contributed by atoms with Gasteiger partial charge in [0, 0.05) is 18.7 Å². The van der Waals surface area contributed by atoms with E-state index in [0.29, 0.717) is 53.0 Å². The van der Waals surface area contributed by atoms with Gasteiger partial charge in [0.1, 0.15) is 6.04 Å². The number of amides is 2. The standard InChI is InChI=1S/C23H26Cl2N2O4/c1-30-20-10-6-15(13-21(20)31-2)7-11-22(28)27-12-4-3-5-19(27)23(29)26-16-8-9-17(24)18(25)14-16/h6,8-10,13-14,19H,3-5,7,11-12H2,1-2H3,(H,26,29). The van der Waals surface area contributed by atoms with Crippen LogP contribution in [0.5, 0.6) is 11.5 Å². The number of nitrogens with zero attached hydrogens (tertiary/aromatic N) is 1. The summed E-state index contributed by atoms with van der Waals surface area (Å²) >= 11 is 12.0. The fourth-order valence-electron chi connectivity index (χ4n) is 3.73. The average molecular weight is 465 g/mol. The third kappa shape index (κ3) is 5.83. The number of hydrogen-bond acceptors (Lipinski definition) is 4. The highest BCUT2D eigenvalue weighted by Gasteiger charge is 2.32. The lowest BCUT2D eigenvalue weighted by atomic mass is 9.99. The molecule has 1 fully saturated rings. The van der Waals surface area contributed by atoms with Crippen LogP contribution in [0.3, 0.4) is 0 Å². The Kier molecular flexibility index (Phi) is 8.04. The molecule has 166 valence electrons. The van der Waals surface area contributed by atoms with Gasteiger partial charge >= 0.3 is 0 Å². The van der Waals surface area contributed by atoms with E-state index in [1.54, 1.807) is 37.3 Å². The van der Waals surface area contributed by atoms with E-state index >= 15 is 0 Å². The number of carbonyl (C=O) groups excluding carboxylic acids is 2. The molecule has 2 aromatic carbocycles. The lowest BCUT2D eigenvalue weighted by Crippen LogP contribution is -2.50. The molecule has 1 atom stereocenters. The van der Waals surface area contributed by atoms with Crippen molar-refractivity contribution in [1.82, 2.24) is 4.90 Å². The molecule has 8 heteroatoms. The molecular weight excluding hydrogens is 439 g/mol. The smallest absolute Gasteiger partial charge is 0.247 e. The predicted octanol–water partition coefficient (Wildman–Crippen LogP) is 4.96. The molecule has 1 aliphatic heterocycles. The number of hydrogen-bond donors (Lipinski definition) is 1. The van der Waals surface area contributed by atoms with Crippen LogP contribution in [0.1, 0.15) is 31.2 Å². The van der Waals surface area contributed by atoms with Gasteiger partial charge < -0.3 is 19.7 Å². The molecule has 3 rings (SSSR count). The van der Waals surface area contributed by atoms with Crippen LogP contribution in [0.15, 0.2) is 36.4 Å². The number of rotatable bonds is 7. The molecule has 6 nitrogen and oxygen atoms in total. The minimum absolute atomic E-state index is 0.0382. The topological polar surface area (TPSA) is 67.9 Å². The summed E-state index contributed by atoms with van der Waals surface area (Å²) in [6.45, 7) is 0.574. The molecule has 31 heavy (non-hydrogen) atoms. The molecule has 0 saturated carbocycles. The van der Waals surface area contributed by atoms with E-state index in [1.807, 2.05) is 18.2 Å². The third-order valence-corrected chi connectivity index (χ3v) is 6.13. The van der Waals surface area contributed by atoms with Gasteiger partial charge in [0.25, 0.3) is 0 Å². The molecular formula is C23H26Cl2N2O4. The van der Waals surface area contributed by atoms with Crippen molar-refractivity contribution in [2.24, 2.45) is 0 Å². The van der Waals surface area contributed by atoms with E-state index in [2.05, 4.69) is 5.32 Å². The number of likely N-dealkylation sites (tertiary alicyclic amines) is 1. The summed E-state index contributed by atoms with van der Waals surface area (Å²) < 4.78 is 10.6. The monoisotopic (exact) mass is 464 g/mol. The summed E-state index contributed by atoms with van der Waals surface area (Å²) in [7, 11) is 3.16. The lowest BCUT2D eigenvalue weighted by molar-refractivity contribution is -0.140. The largest absolute Gasteiger partial charge is 0.493 e. The maximum atomic E-state index is 13.0. The Morgan fingerprint density at radius 2 is 1.81 bits per heavy atom. The minimum atomic E-state index is -0.499. The van der Waals surface area contributed by atoms with Gasteiger partial charge in [0.05, 0.1) is 24.3 Å². The van der Waals surface area contributed by atoms with Crippen molar-refractivity contribution in [3.8, 4) is 11.5 Å². The minimum Gasteiger partial charge on any atom is -0.493 e. The van der Waals surface area contributed by atoms with E-state index in [4.69, 9.17) is 32.7 Å². The molecule has 1 N–H and O–H groups in total. The number of methoxy groups -OCH3 is 2. The Bertz CT molecular complexity index is 951. The SMILES string of the molecule is COc1ccc(CCC(=O)N2CCCCC2C(=O)Nc2ccc(Cl)c(Cl)c2)cc1OC. The zero-order chi connectivity index (χ0) is 22.4. The van der Waals surface area contributed by atoms with Crippen LogP contribution >= 0.6 is 23.2 Å². The van der Waals surface area contributed by atoms with Crippen molar-refractivity contribution in [2.75, 3.05) is 26.1 Å². The van der Waals surface area contributed by atoms with Crippen LogP contribution in [-0.2, 0) is 16.0 Å². The van der Waals surface area contributed by atoms with Gasteiger partial charge in [-0.2, -0.15) is 0 Å². The molecule has 0 bridgehead atoms. The van der Waals surface area contributed by atoms with E-state index in [1.165, 1.54) is 0 Å². The van der Waals surface area contributed by atoms with Gasteiger partial charge in [0.15, 0.2) is 11.5 Å². The number of benzene rings is 2. The molecule has 0 aromatic heterocycles. The molecule has 1 saturated heterocycles. The number of carbonyl (C=O) groups is 2. The first-order chi connectivity index (χ1) is 14.9. The van der Waals surface area contributed by atoms with Crippen LogP contribution in [0.4, 0.5) is 5.69 Å². The third-order valence-electron chi connectivity index (χ3n) is 5.39. The zero-order valence-electron chi connectivity index (χ0n) is 17.6. The van der Waals surface area contributed by atoms with Gasteiger partial charge in [0.2, 0.25) is 11.8 Å². The number of piperidine rings is 1. The van der Waals surface area contributed by atoms with Crippen LogP contribution in [0, 0.1) is 0 Å². The molecule has 1 heterocycles. The van der Waals surface area contributed by atoms with Gasteiger partial charge in [-0.1, -0.05) is 29.3 Å². The molecule has 0 aliphatic carbocycles. The van der Waals surface area contributed by atoms with Gasteiger partial charge in [-0.3, -0.25) is 9.59 Å². The summed E-state index contributed by atoms with van der Waals surface area (Å²) in [6, 6.07) is 10.0. The van der Waals surface area contributed by atoms with E-state index in [0.717, 1.165) is 18.4 Å². The van der Waals surface area contributed by atoms with Crippen molar-refractivity contribution in [3.05, 3.63) is 52.0 Å². The van der Waals surface area contributed by atoms with Crippen LogP contribution < -0.4 is 14.8 Å². The highest BCUT2D eigenvalue weighted by atomic mass is 35.5. The molecule has 0 radical (unpaired) electrons. The van der Waals surface area contributed by atoms with Crippen molar-refractivity contribution in [3.63, 3.8) is 0 Å². The van der Waals surface area contributed by atoms with Gasteiger partial charge in [-0.15, -0.1) is 0 Å². The number of anilines is 1. The van der Waals surface area contributed by atoms with E-state index < -0.39 is 6.04 Å². The Hall–Kier alpha value is -2.44. The second kappa shape index (κ2) is 10.7. The first kappa shape index (κ1) is 23.2. The lowest BCUT2D eigenvalue weighted by Gasteiger charge is -2.35. The molecule has 0 spiro atoms. The Morgan fingerprint density at radius 3 is 2.52 bits per heavy atom. The highest BCUT2D eigenvalue weighted by molar-refractivity contribution is 6.42. The Morgan fingerprint density at radius 1 is 1.03 bits per heavy atom.